The van der Waals surface area contributed by atoms with Gasteiger partial charge in [-0.15, -0.1) is 0 Å². The van der Waals surface area contributed by atoms with Gasteiger partial charge < -0.3 is 10.2 Å². The summed E-state index contributed by atoms with van der Waals surface area (Å²) in [7, 11) is 0. The van der Waals surface area contributed by atoms with Crippen LogP contribution in [-0.2, 0) is 6.42 Å². The zero-order valence-corrected chi connectivity index (χ0v) is 11.9. The molecule has 1 aliphatic heterocycles. The first-order valence-electron chi connectivity index (χ1n) is 7.49. The summed E-state index contributed by atoms with van der Waals surface area (Å²) in [5, 5.41) is 3.40. The molecule has 1 saturated heterocycles. The second-order valence-electron chi connectivity index (χ2n) is 5.40. The molecular weight excluding hydrogens is 244 g/mol. The monoisotopic (exact) mass is 266 g/mol. The maximum Gasteiger partial charge on any atom is 0.0108 e. The number of benzene rings is 2. The lowest BCUT2D eigenvalue weighted by Crippen LogP contribution is -2.44. The van der Waals surface area contributed by atoms with E-state index in [2.05, 4.69) is 64.8 Å². The first kappa shape index (κ1) is 13.3. The maximum absolute atomic E-state index is 3.40. The van der Waals surface area contributed by atoms with Gasteiger partial charge >= 0.3 is 0 Å². The van der Waals surface area contributed by atoms with E-state index in [0.717, 1.165) is 19.5 Å². The van der Waals surface area contributed by atoms with E-state index in [-0.39, 0.29) is 0 Å². The Bertz CT molecular complexity index is 513. The summed E-state index contributed by atoms with van der Waals surface area (Å²) in [4.78, 5) is 2.54. The van der Waals surface area contributed by atoms with Crippen molar-refractivity contribution >= 4 is 0 Å². The topological polar surface area (TPSA) is 15.3 Å². The van der Waals surface area contributed by atoms with Crippen LogP contribution in [0.15, 0.2) is 54.6 Å². The summed E-state index contributed by atoms with van der Waals surface area (Å²) < 4.78 is 0. The zero-order chi connectivity index (χ0) is 13.6. The fourth-order valence-electron chi connectivity index (χ4n) is 2.72. The molecule has 2 aromatic rings. The van der Waals surface area contributed by atoms with E-state index in [1.54, 1.807) is 0 Å². The van der Waals surface area contributed by atoms with Gasteiger partial charge in [0.25, 0.3) is 0 Å². The molecule has 0 amide bonds. The number of hydrogen-bond donors (Lipinski definition) is 1. The Morgan fingerprint density at radius 3 is 2.15 bits per heavy atom. The lowest BCUT2D eigenvalue weighted by Gasteiger charge is -2.27. The van der Waals surface area contributed by atoms with Crippen LogP contribution in [-0.4, -0.2) is 37.6 Å². The molecule has 0 radical (unpaired) electrons. The van der Waals surface area contributed by atoms with Crippen LogP contribution in [0, 0.1) is 0 Å². The molecule has 0 aromatic heterocycles. The van der Waals surface area contributed by atoms with Gasteiger partial charge in [0.2, 0.25) is 0 Å². The molecule has 2 nitrogen and oxygen atoms in total. The van der Waals surface area contributed by atoms with Crippen LogP contribution in [0.2, 0.25) is 0 Å². The van der Waals surface area contributed by atoms with Gasteiger partial charge in [0.15, 0.2) is 0 Å². The van der Waals surface area contributed by atoms with Crippen LogP contribution in [0.4, 0.5) is 0 Å². The molecule has 20 heavy (non-hydrogen) atoms. The van der Waals surface area contributed by atoms with E-state index in [4.69, 9.17) is 0 Å². The SMILES string of the molecule is c1ccc(-c2ccc(CCN3CCNCC3)cc2)cc1. The van der Waals surface area contributed by atoms with Crippen LogP contribution in [0.3, 0.4) is 0 Å². The van der Waals surface area contributed by atoms with Crippen molar-refractivity contribution in [2.24, 2.45) is 0 Å². The quantitative estimate of drug-likeness (QED) is 0.915. The number of piperazine rings is 1. The smallest absolute Gasteiger partial charge is 0.0108 e. The van der Waals surface area contributed by atoms with Gasteiger partial charge in [-0.05, 0) is 23.1 Å². The second kappa shape index (κ2) is 6.69. The normalized spacial score (nSPS) is 16.2. The summed E-state index contributed by atoms with van der Waals surface area (Å²) in [5.41, 5.74) is 4.03. The zero-order valence-electron chi connectivity index (χ0n) is 11.9. The predicted octanol–water partition coefficient (Wildman–Crippen LogP) is 2.80. The van der Waals surface area contributed by atoms with Crippen molar-refractivity contribution in [3.05, 3.63) is 60.2 Å². The summed E-state index contributed by atoms with van der Waals surface area (Å²) in [6.07, 6.45) is 1.15. The number of rotatable bonds is 4. The minimum Gasteiger partial charge on any atom is -0.314 e. The van der Waals surface area contributed by atoms with Crippen LogP contribution in [0.25, 0.3) is 11.1 Å². The third-order valence-corrected chi connectivity index (χ3v) is 3.99. The summed E-state index contributed by atoms with van der Waals surface area (Å²) in [6.45, 7) is 5.80. The largest absolute Gasteiger partial charge is 0.314 e. The summed E-state index contributed by atoms with van der Waals surface area (Å²) in [6, 6.07) is 19.6. The molecule has 1 aliphatic rings. The van der Waals surface area contributed by atoms with Crippen LogP contribution < -0.4 is 5.32 Å². The fourth-order valence-corrected chi connectivity index (χ4v) is 2.72. The molecule has 0 bridgehead atoms. The molecule has 1 heterocycles. The lowest BCUT2D eigenvalue weighted by atomic mass is 10.0. The van der Waals surface area contributed by atoms with Gasteiger partial charge in [-0.3, -0.25) is 0 Å². The van der Waals surface area contributed by atoms with Gasteiger partial charge in [0.1, 0.15) is 0 Å². The van der Waals surface area contributed by atoms with Crippen molar-refractivity contribution in [2.75, 3.05) is 32.7 Å². The predicted molar refractivity (Wildman–Crippen MR) is 84.9 cm³/mol. The van der Waals surface area contributed by atoms with Gasteiger partial charge in [0, 0.05) is 32.7 Å². The molecule has 2 aromatic carbocycles. The van der Waals surface area contributed by atoms with E-state index in [0.29, 0.717) is 0 Å². The minimum atomic E-state index is 1.13. The highest BCUT2D eigenvalue weighted by Gasteiger charge is 2.08. The minimum absolute atomic E-state index is 1.13. The molecular formula is C18H22N2. The van der Waals surface area contributed by atoms with Crippen LogP contribution in [0.1, 0.15) is 5.56 Å². The fraction of sp³-hybridized carbons (Fsp3) is 0.333. The van der Waals surface area contributed by atoms with E-state index >= 15 is 0 Å². The summed E-state index contributed by atoms with van der Waals surface area (Å²) >= 11 is 0. The average molecular weight is 266 g/mol. The molecule has 0 saturated carbocycles. The van der Waals surface area contributed by atoms with Crippen molar-refractivity contribution < 1.29 is 0 Å². The molecule has 104 valence electrons. The number of nitrogens with zero attached hydrogens (tertiary/aromatic N) is 1. The van der Waals surface area contributed by atoms with Crippen molar-refractivity contribution in [1.29, 1.82) is 0 Å². The highest BCUT2D eigenvalue weighted by molar-refractivity contribution is 5.63. The summed E-state index contributed by atoms with van der Waals surface area (Å²) in [5.74, 6) is 0. The first-order chi connectivity index (χ1) is 9.92. The molecule has 2 heteroatoms. The molecule has 0 unspecified atom stereocenters. The number of nitrogens with one attached hydrogen (secondary N) is 1. The maximum atomic E-state index is 3.40. The second-order valence-corrected chi connectivity index (χ2v) is 5.40. The molecule has 0 aliphatic carbocycles. The Hall–Kier alpha value is -1.64. The standard InChI is InChI=1S/C18H22N2/c1-2-4-17(5-3-1)18-8-6-16(7-9-18)10-13-20-14-11-19-12-15-20/h1-9,19H,10-15H2. The van der Waals surface area contributed by atoms with Gasteiger partial charge in [-0.1, -0.05) is 54.6 Å². The Morgan fingerprint density at radius 2 is 1.45 bits per heavy atom. The van der Waals surface area contributed by atoms with Crippen molar-refractivity contribution in [2.45, 2.75) is 6.42 Å². The Morgan fingerprint density at radius 1 is 0.800 bits per heavy atom. The van der Waals surface area contributed by atoms with Gasteiger partial charge in [-0.2, -0.15) is 0 Å². The van der Waals surface area contributed by atoms with Gasteiger partial charge in [-0.25, -0.2) is 0 Å². The lowest BCUT2D eigenvalue weighted by molar-refractivity contribution is 0.244. The van der Waals surface area contributed by atoms with E-state index in [1.807, 2.05) is 0 Å². The Labute approximate surface area is 121 Å². The van der Waals surface area contributed by atoms with Crippen molar-refractivity contribution in [1.82, 2.24) is 10.2 Å². The third-order valence-electron chi connectivity index (χ3n) is 3.99. The van der Waals surface area contributed by atoms with E-state index < -0.39 is 0 Å². The molecule has 0 atom stereocenters. The average Bonchev–Trinajstić information content (AvgIpc) is 2.55. The van der Waals surface area contributed by atoms with Crippen LogP contribution >= 0.6 is 0 Å². The molecule has 3 rings (SSSR count). The third kappa shape index (κ3) is 3.47. The van der Waals surface area contributed by atoms with Crippen molar-refractivity contribution in [3.8, 4) is 11.1 Å². The Kier molecular flexibility index (Phi) is 4.46. The molecule has 0 spiro atoms. The number of hydrogen-bond acceptors (Lipinski definition) is 2. The highest BCUT2D eigenvalue weighted by atomic mass is 15.2. The van der Waals surface area contributed by atoms with E-state index in [9.17, 15) is 0 Å². The molecule has 1 N–H and O–H groups in total. The van der Waals surface area contributed by atoms with Gasteiger partial charge in [0.05, 0.1) is 0 Å². The van der Waals surface area contributed by atoms with Crippen LogP contribution in [0.5, 0.6) is 0 Å². The van der Waals surface area contributed by atoms with E-state index in [1.165, 1.54) is 36.3 Å². The van der Waals surface area contributed by atoms with Crippen molar-refractivity contribution in [3.63, 3.8) is 0 Å². The Balaban J connectivity index is 1.58. The molecule has 1 fully saturated rings. The first-order valence-corrected chi connectivity index (χ1v) is 7.49. The highest BCUT2D eigenvalue weighted by Crippen LogP contribution is 2.19.